The summed E-state index contributed by atoms with van der Waals surface area (Å²) in [4.78, 5) is 23.7. The van der Waals surface area contributed by atoms with Crippen molar-refractivity contribution in [3.8, 4) is 0 Å². The molecule has 1 aliphatic heterocycles. The molecule has 21 heavy (non-hydrogen) atoms. The molecule has 0 aromatic heterocycles. The predicted octanol–water partition coefficient (Wildman–Crippen LogP) is 1.94. The lowest BCUT2D eigenvalue weighted by molar-refractivity contribution is -0.117. The molecule has 5 nitrogen and oxygen atoms in total. The molecule has 0 spiro atoms. The summed E-state index contributed by atoms with van der Waals surface area (Å²) in [7, 11) is 1.22. The van der Waals surface area contributed by atoms with Crippen molar-refractivity contribution >= 4 is 17.6 Å². The number of nitrogens with one attached hydrogen (secondary N) is 2. The third kappa shape index (κ3) is 4.26. The summed E-state index contributed by atoms with van der Waals surface area (Å²) in [6.45, 7) is 1.84. The second kappa shape index (κ2) is 7.17. The maximum Gasteiger partial charge on any atom is 0.340 e. The largest absolute Gasteiger partial charge is 0.465 e. The van der Waals surface area contributed by atoms with Crippen LogP contribution in [0.1, 0.15) is 29.6 Å². The number of benzene rings is 1. The van der Waals surface area contributed by atoms with Gasteiger partial charge in [0, 0.05) is 6.42 Å². The van der Waals surface area contributed by atoms with E-state index >= 15 is 0 Å². The van der Waals surface area contributed by atoms with Crippen molar-refractivity contribution in [3.63, 3.8) is 0 Å². The standard InChI is InChI=1S/C15H19FN2O3/c1-21-15(20)12-9-11(16)2-3-13(12)18-14(19)8-10-4-6-17-7-5-10/h2-3,9-10,17H,4-8H2,1H3,(H,18,19). The highest BCUT2D eigenvalue weighted by Gasteiger charge is 2.19. The number of methoxy groups -OCH3 is 1. The van der Waals surface area contributed by atoms with Crippen LogP contribution in [0.3, 0.4) is 0 Å². The molecule has 0 saturated carbocycles. The minimum atomic E-state index is -0.674. The molecule has 1 heterocycles. The van der Waals surface area contributed by atoms with E-state index in [2.05, 4.69) is 15.4 Å². The first-order chi connectivity index (χ1) is 10.1. The summed E-state index contributed by atoms with van der Waals surface area (Å²) in [5.74, 6) is -1.05. The Bertz CT molecular complexity index is 528. The Morgan fingerprint density at radius 3 is 2.76 bits per heavy atom. The predicted molar refractivity (Wildman–Crippen MR) is 76.6 cm³/mol. The van der Waals surface area contributed by atoms with E-state index in [0.717, 1.165) is 32.0 Å². The van der Waals surface area contributed by atoms with Crippen LogP contribution in [0, 0.1) is 11.7 Å². The maximum atomic E-state index is 13.2. The highest BCUT2D eigenvalue weighted by molar-refractivity contribution is 6.01. The number of rotatable bonds is 4. The van der Waals surface area contributed by atoms with Gasteiger partial charge in [0.15, 0.2) is 0 Å². The molecule has 1 aliphatic rings. The number of ether oxygens (including phenoxy) is 1. The van der Waals surface area contributed by atoms with Gasteiger partial charge in [-0.05, 0) is 50.0 Å². The number of halogens is 1. The summed E-state index contributed by atoms with van der Waals surface area (Å²) in [6.07, 6.45) is 2.32. The molecule has 114 valence electrons. The van der Waals surface area contributed by atoms with Crippen LogP contribution < -0.4 is 10.6 Å². The highest BCUT2D eigenvalue weighted by atomic mass is 19.1. The third-order valence-electron chi connectivity index (χ3n) is 3.59. The van der Waals surface area contributed by atoms with Crippen LogP contribution in [0.2, 0.25) is 0 Å². The summed E-state index contributed by atoms with van der Waals surface area (Å²) in [5.41, 5.74) is 0.304. The molecule has 1 aromatic rings. The van der Waals surface area contributed by atoms with Gasteiger partial charge in [-0.2, -0.15) is 0 Å². The molecule has 0 atom stereocenters. The van der Waals surface area contributed by atoms with E-state index in [1.807, 2.05) is 0 Å². The van der Waals surface area contributed by atoms with Gasteiger partial charge >= 0.3 is 5.97 Å². The van der Waals surface area contributed by atoms with Gasteiger partial charge in [0.2, 0.25) is 5.91 Å². The minimum absolute atomic E-state index is 0.0242. The lowest BCUT2D eigenvalue weighted by atomic mass is 9.94. The molecule has 0 radical (unpaired) electrons. The fourth-order valence-electron chi connectivity index (χ4n) is 2.45. The topological polar surface area (TPSA) is 67.4 Å². The van der Waals surface area contributed by atoms with Crippen molar-refractivity contribution in [2.75, 3.05) is 25.5 Å². The fraction of sp³-hybridized carbons (Fsp3) is 0.467. The Morgan fingerprint density at radius 1 is 1.38 bits per heavy atom. The third-order valence-corrected chi connectivity index (χ3v) is 3.59. The van der Waals surface area contributed by atoms with Gasteiger partial charge in [-0.3, -0.25) is 4.79 Å². The number of carbonyl (C=O) groups excluding carboxylic acids is 2. The normalized spacial score (nSPS) is 15.5. The summed E-state index contributed by atoms with van der Waals surface area (Å²) in [6, 6.07) is 3.64. The number of anilines is 1. The first kappa shape index (κ1) is 15.4. The molecule has 0 unspecified atom stereocenters. The van der Waals surface area contributed by atoms with E-state index < -0.39 is 11.8 Å². The molecule has 6 heteroatoms. The SMILES string of the molecule is COC(=O)c1cc(F)ccc1NC(=O)CC1CCNCC1. The monoisotopic (exact) mass is 294 g/mol. The first-order valence-electron chi connectivity index (χ1n) is 6.98. The quantitative estimate of drug-likeness (QED) is 0.833. The van der Waals surface area contributed by atoms with Crippen LogP contribution in [0.15, 0.2) is 18.2 Å². The van der Waals surface area contributed by atoms with Gasteiger partial charge in [0.05, 0.1) is 18.4 Å². The van der Waals surface area contributed by atoms with Gasteiger partial charge in [0.1, 0.15) is 5.82 Å². The van der Waals surface area contributed by atoms with Crippen molar-refractivity contribution < 1.29 is 18.7 Å². The Morgan fingerprint density at radius 2 is 2.10 bits per heavy atom. The number of amides is 1. The lowest BCUT2D eigenvalue weighted by Crippen LogP contribution is -2.30. The average molecular weight is 294 g/mol. The van der Waals surface area contributed by atoms with Crippen LogP contribution in [0.4, 0.5) is 10.1 Å². The van der Waals surface area contributed by atoms with Crippen LogP contribution in [0.5, 0.6) is 0 Å². The summed E-state index contributed by atoms with van der Waals surface area (Å²) >= 11 is 0. The first-order valence-corrected chi connectivity index (χ1v) is 6.98. The highest BCUT2D eigenvalue weighted by Crippen LogP contribution is 2.21. The van der Waals surface area contributed by atoms with E-state index in [0.29, 0.717) is 12.3 Å². The molecule has 1 saturated heterocycles. The molecule has 1 aromatic carbocycles. The van der Waals surface area contributed by atoms with Gasteiger partial charge in [-0.25, -0.2) is 9.18 Å². The lowest BCUT2D eigenvalue weighted by Gasteiger charge is -2.22. The van der Waals surface area contributed by atoms with E-state index in [-0.39, 0.29) is 17.2 Å². The average Bonchev–Trinajstić information content (AvgIpc) is 2.49. The molecule has 1 fully saturated rings. The Balaban J connectivity index is 2.04. The minimum Gasteiger partial charge on any atom is -0.465 e. The number of piperidine rings is 1. The van der Waals surface area contributed by atoms with Crippen molar-refractivity contribution in [3.05, 3.63) is 29.6 Å². The van der Waals surface area contributed by atoms with Crippen molar-refractivity contribution in [2.45, 2.75) is 19.3 Å². The van der Waals surface area contributed by atoms with Crippen molar-refractivity contribution in [2.24, 2.45) is 5.92 Å². The Labute approximate surface area is 122 Å². The second-order valence-electron chi connectivity index (χ2n) is 5.13. The van der Waals surface area contributed by atoms with Crippen molar-refractivity contribution in [1.29, 1.82) is 0 Å². The molecular weight excluding hydrogens is 275 g/mol. The van der Waals surface area contributed by atoms with Crippen molar-refractivity contribution in [1.82, 2.24) is 5.32 Å². The van der Waals surface area contributed by atoms with Gasteiger partial charge in [-0.1, -0.05) is 0 Å². The zero-order valence-electron chi connectivity index (χ0n) is 11.9. The Hall–Kier alpha value is -1.95. The van der Waals surface area contributed by atoms with Crippen LogP contribution in [-0.4, -0.2) is 32.1 Å². The van der Waals surface area contributed by atoms with E-state index in [1.165, 1.54) is 19.2 Å². The van der Waals surface area contributed by atoms with Crippen LogP contribution >= 0.6 is 0 Å². The molecule has 2 N–H and O–H groups in total. The Kier molecular flexibility index (Phi) is 5.27. The van der Waals surface area contributed by atoms with Gasteiger partial charge in [-0.15, -0.1) is 0 Å². The van der Waals surface area contributed by atoms with Gasteiger partial charge in [0.25, 0.3) is 0 Å². The number of esters is 1. The molecular formula is C15H19FN2O3. The molecule has 1 amide bonds. The number of hydrogen-bond acceptors (Lipinski definition) is 4. The number of carbonyl (C=O) groups is 2. The van der Waals surface area contributed by atoms with Gasteiger partial charge < -0.3 is 15.4 Å². The zero-order valence-corrected chi connectivity index (χ0v) is 11.9. The van der Waals surface area contributed by atoms with E-state index in [1.54, 1.807) is 0 Å². The smallest absolute Gasteiger partial charge is 0.340 e. The van der Waals surface area contributed by atoms with E-state index in [4.69, 9.17) is 0 Å². The summed E-state index contributed by atoms with van der Waals surface area (Å²) in [5, 5.41) is 5.91. The van der Waals surface area contributed by atoms with E-state index in [9.17, 15) is 14.0 Å². The van der Waals surface area contributed by atoms with Crippen LogP contribution in [0.25, 0.3) is 0 Å². The fourth-order valence-corrected chi connectivity index (χ4v) is 2.45. The summed E-state index contributed by atoms with van der Waals surface area (Å²) < 4.78 is 17.8. The maximum absolute atomic E-state index is 13.2. The second-order valence-corrected chi connectivity index (χ2v) is 5.13. The molecule has 0 bridgehead atoms. The zero-order chi connectivity index (χ0) is 15.2. The molecule has 2 rings (SSSR count). The number of hydrogen-bond donors (Lipinski definition) is 2. The molecule has 0 aliphatic carbocycles. The van der Waals surface area contributed by atoms with Crippen LogP contribution in [-0.2, 0) is 9.53 Å².